The van der Waals surface area contributed by atoms with Crippen LogP contribution in [0.25, 0.3) is 0 Å². The Morgan fingerprint density at radius 3 is 2.48 bits per heavy atom. The normalized spacial score (nSPS) is 20.1. The summed E-state index contributed by atoms with van der Waals surface area (Å²) in [6.45, 7) is 2.63. The van der Waals surface area contributed by atoms with Gasteiger partial charge in [-0.25, -0.2) is 4.39 Å². The third-order valence-corrected chi connectivity index (χ3v) is 4.93. The fraction of sp³-hybridized carbons (Fsp3) is 0.222. The van der Waals surface area contributed by atoms with E-state index < -0.39 is 5.41 Å². The van der Waals surface area contributed by atoms with Crippen molar-refractivity contribution in [2.75, 3.05) is 13.7 Å². The summed E-state index contributed by atoms with van der Waals surface area (Å²) in [5.41, 5.74) is 8.66. The van der Waals surface area contributed by atoms with Gasteiger partial charge in [-0.3, -0.25) is 0 Å². The number of halogens is 2. The third-order valence-electron chi connectivity index (χ3n) is 4.32. The second-order valence-corrected chi connectivity index (χ2v) is 6.59. The lowest BCUT2D eigenvalue weighted by Gasteiger charge is -2.29. The largest absolute Gasteiger partial charge is 0.496 e. The molecule has 0 amide bonds. The molecule has 3 rings (SSSR count). The maximum atomic E-state index is 13.6. The molecule has 1 heterocycles. The molecule has 1 aliphatic rings. The van der Waals surface area contributed by atoms with Crippen LogP contribution in [-0.4, -0.2) is 13.7 Å². The van der Waals surface area contributed by atoms with Gasteiger partial charge in [0.05, 0.1) is 22.8 Å². The zero-order valence-corrected chi connectivity index (χ0v) is 14.6. The molecule has 120 valence electrons. The highest BCUT2D eigenvalue weighted by atomic mass is 79.9. The molecule has 0 unspecified atom stereocenters. The molecular weight excluding hydrogens is 359 g/mol. The van der Waals surface area contributed by atoms with Gasteiger partial charge >= 0.3 is 0 Å². The van der Waals surface area contributed by atoms with Gasteiger partial charge in [-0.15, -0.1) is 0 Å². The number of ether oxygens (including phenoxy) is 1. The standard InChI is InChI=1S/C18H18BrFN2O/c1-11-7-12(4-6-16(11)23-2)18(9-17(21)22-10-18)13-3-5-15(20)14(19)8-13/h3-9,22H,10,21H2,1-2H3/t18-/m1/s1. The van der Waals surface area contributed by atoms with Crippen molar-refractivity contribution in [2.24, 2.45) is 5.73 Å². The number of nitrogens with two attached hydrogens (primary N) is 1. The van der Waals surface area contributed by atoms with Gasteiger partial charge in [-0.05, 0) is 63.8 Å². The second-order valence-electron chi connectivity index (χ2n) is 5.74. The molecular formula is C18H18BrFN2O. The quantitative estimate of drug-likeness (QED) is 0.860. The van der Waals surface area contributed by atoms with E-state index in [0.717, 1.165) is 22.4 Å². The Kier molecular flexibility index (Phi) is 4.06. The van der Waals surface area contributed by atoms with Crippen LogP contribution in [0.3, 0.4) is 0 Å². The Morgan fingerprint density at radius 2 is 1.91 bits per heavy atom. The molecule has 0 bridgehead atoms. The van der Waals surface area contributed by atoms with Gasteiger partial charge in [0, 0.05) is 6.54 Å². The highest BCUT2D eigenvalue weighted by molar-refractivity contribution is 9.10. The lowest BCUT2D eigenvalue weighted by atomic mass is 9.75. The molecule has 2 aromatic carbocycles. The fourth-order valence-electron chi connectivity index (χ4n) is 3.08. The summed E-state index contributed by atoms with van der Waals surface area (Å²) >= 11 is 3.27. The summed E-state index contributed by atoms with van der Waals surface area (Å²) in [6.07, 6.45) is 1.99. The van der Waals surface area contributed by atoms with Crippen LogP contribution in [0.15, 0.2) is 52.8 Å². The van der Waals surface area contributed by atoms with E-state index in [4.69, 9.17) is 10.5 Å². The molecule has 0 saturated heterocycles. The van der Waals surface area contributed by atoms with Gasteiger partial charge in [0.25, 0.3) is 0 Å². The van der Waals surface area contributed by atoms with Gasteiger partial charge in [-0.2, -0.15) is 0 Å². The summed E-state index contributed by atoms with van der Waals surface area (Å²) in [6, 6.07) is 11.2. The molecule has 1 atom stereocenters. The maximum absolute atomic E-state index is 13.6. The number of methoxy groups -OCH3 is 1. The highest BCUT2D eigenvalue weighted by Gasteiger charge is 2.37. The molecule has 0 spiro atoms. The first kappa shape index (κ1) is 15.9. The average molecular weight is 377 g/mol. The number of hydrogen-bond donors (Lipinski definition) is 2. The topological polar surface area (TPSA) is 47.3 Å². The van der Waals surface area contributed by atoms with Crippen LogP contribution in [-0.2, 0) is 5.41 Å². The molecule has 0 saturated carbocycles. The maximum Gasteiger partial charge on any atom is 0.137 e. The lowest BCUT2D eigenvalue weighted by Crippen LogP contribution is -2.31. The van der Waals surface area contributed by atoms with Crippen molar-refractivity contribution in [3.63, 3.8) is 0 Å². The predicted octanol–water partition coefficient (Wildman–Crippen LogP) is 3.59. The van der Waals surface area contributed by atoms with Crippen LogP contribution in [0.2, 0.25) is 0 Å². The molecule has 5 heteroatoms. The molecule has 0 fully saturated rings. The Labute approximate surface area is 143 Å². The Bertz CT molecular complexity index is 791. The summed E-state index contributed by atoms with van der Waals surface area (Å²) in [4.78, 5) is 0. The van der Waals surface area contributed by atoms with Gasteiger partial charge in [0.2, 0.25) is 0 Å². The monoisotopic (exact) mass is 376 g/mol. The Morgan fingerprint density at radius 1 is 1.22 bits per heavy atom. The van der Waals surface area contributed by atoms with Crippen molar-refractivity contribution in [1.82, 2.24) is 5.32 Å². The first-order valence-electron chi connectivity index (χ1n) is 7.29. The van der Waals surface area contributed by atoms with Crippen LogP contribution in [0.4, 0.5) is 4.39 Å². The zero-order valence-electron chi connectivity index (χ0n) is 13.0. The third kappa shape index (κ3) is 2.70. The van der Waals surface area contributed by atoms with Gasteiger partial charge < -0.3 is 15.8 Å². The SMILES string of the molecule is COc1ccc([C@@]2(c3ccc(F)c(Br)c3)C=C(N)NC2)cc1C. The van der Waals surface area contributed by atoms with Crippen LogP contribution in [0, 0.1) is 12.7 Å². The summed E-state index contributed by atoms with van der Waals surface area (Å²) in [5.74, 6) is 1.18. The molecule has 2 aromatic rings. The van der Waals surface area contributed by atoms with Gasteiger partial charge in [-0.1, -0.05) is 18.2 Å². The molecule has 3 N–H and O–H groups in total. The van der Waals surface area contributed by atoms with E-state index in [0.29, 0.717) is 16.8 Å². The van der Waals surface area contributed by atoms with E-state index in [9.17, 15) is 4.39 Å². The summed E-state index contributed by atoms with van der Waals surface area (Å²) < 4.78 is 19.4. The summed E-state index contributed by atoms with van der Waals surface area (Å²) in [5, 5.41) is 3.19. The highest BCUT2D eigenvalue weighted by Crippen LogP contribution is 2.39. The minimum absolute atomic E-state index is 0.280. The van der Waals surface area contributed by atoms with E-state index in [1.54, 1.807) is 13.2 Å². The van der Waals surface area contributed by atoms with Crippen molar-refractivity contribution in [2.45, 2.75) is 12.3 Å². The van der Waals surface area contributed by atoms with Crippen molar-refractivity contribution in [3.8, 4) is 5.75 Å². The number of aryl methyl sites for hydroxylation is 1. The lowest BCUT2D eigenvalue weighted by molar-refractivity contribution is 0.411. The zero-order chi connectivity index (χ0) is 16.6. The van der Waals surface area contributed by atoms with E-state index in [-0.39, 0.29) is 5.82 Å². The molecule has 23 heavy (non-hydrogen) atoms. The molecule has 0 aromatic heterocycles. The smallest absolute Gasteiger partial charge is 0.137 e. The number of nitrogens with one attached hydrogen (secondary N) is 1. The number of hydrogen-bond acceptors (Lipinski definition) is 3. The number of benzene rings is 2. The van der Waals surface area contributed by atoms with E-state index in [1.165, 1.54) is 6.07 Å². The predicted molar refractivity (Wildman–Crippen MR) is 92.9 cm³/mol. The Hall–Kier alpha value is -2.01. The van der Waals surface area contributed by atoms with Gasteiger partial charge in [0.1, 0.15) is 11.6 Å². The van der Waals surface area contributed by atoms with Gasteiger partial charge in [0.15, 0.2) is 0 Å². The van der Waals surface area contributed by atoms with E-state index in [1.807, 2.05) is 31.2 Å². The summed E-state index contributed by atoms with van der Waals surface area (Å²) in [7, 11) is 1.66. The number of rotatable bonds is 3. The minimum atomic E-state index is -0.433. The molecule has 3 nitrogen and oxygen atoms in total. The molecule has 0 radical (unpaired) electrons. The van der Waals surface area contributed by atoms with Crippen LogP contribution >= 0.6 is 15.9 Å². The van der Waals surface area contributed by atoms with Crippen molar-refractivity contribution >= 4 is 15.9 Å². The van der Waals surface area contributed by atoms with Crippen LogP contribution < -0.4 is 15.8 Å². The fourth-order valence-corrected chi connectivity index (χ4v) is 3.45. The average Bonchev–Trinajstić information content (AvgIpc) is 2.93. The second kappa shape index (κ2) is 5.89. The molecule has 0 aliphatic carbocycles. The van der Waals surface area contributed by atoms with E-state index >= 15 is 0 Å². The first-order valence-corrected chi connectivity index (χ1v) is 8.08. The van der Waals surface area contributed by atoms with Crippen molar-refractivity contribution in [1.29, 1.82) is 0 Å². The van der Waals surface area contributed by atoms with Crippen molar-refractivity contribution in [3.05, 3.63) is 75.3 Å². The minimum Gasteiger partial charge on any atom is -0.496 e. The molecule has 1 aliphatic heterocycles. The first-order chi connectivity index (χ1) is 11.0. The van der Waals surface area contributed by atoms with Crippen LogP contribution in [0.5, 0.6) is 5.75 Å². The van der Waals surface area contributed by atoms with Crippen molar-refractivity contribution < 1.29 is 9.13 Å². The van der Waals surface area contributed by atoms with E-state index in [2.05, 4.69) is 27.3 Å². The van der Waals surface area contributed by atoms with Crippen LogP contribution in [0.1, 0.15) is 16.7 Å². The Balaban J connectivity index is 2.18.